The van der Waals surface area contributed by atoms with Crippen molar-refractivity contribution in [2.24, 2.45) is 5.41 Å². The first-order valence-corrected chi connectivity index (χ1v) is 11.5. The number of amides is 2. The number of hydrogen-bond acceptors (Lipinski definition) is 7. The van der Waals surface area contributed by atoms with Crippen LogP contribution in [0.3, 0.4) is 0 Å². The fourth-order valence-corrected chi connectivity index (χ4v) is 4.15. The highest BCUT2D eigenvalue weighted by atomic mass is 19.1. The van der Waals surface area contributed by atoms with Gasteiger partial charge in [0, 0.05) is 31.8 Å². The summed E-state index contributed by atoms with van der Waals surface area (Å²) in [5.41, 5.74) is -2.47. The minimum Gasteiger partial charge on any atom is -0.505 e. The van der Waals surface area contributed by atoms with Gasteiger partial charge in [-0.15, -0.1) is 0 Å². The average Bonchev–Trinajstić information content (AvgIpc) is 2.87. The SMILES string of the molecule is CNC(=O)c1c(O)c2ncc(Cc3ccc(F)cc3)c3c2n(c1=O)C[C@](C)(C(=O)NCC(C)(C)C#N)O3. The number of hydrogen-bond donors (Lipinski definition) is 3. The molecule has 37 heavy (non-hydrogen) atoms. The lowest BCUT2D eigenvalue weighted by Crippen LogP contribution is -2.56. The molecular formula is C26H26FN5O5. The van der Waals surface area contributed by atoms with Gasteiger partial charge in [-0.05, 0) is 38.5 Å². The van der Waals surface area contributed by atoms with E-state index < -0.39 is 45.5 Å². The molecule has 0 saturated heterocycles. The summed E-state index contributed by atoms with van der Waals surface area (Å²) in [5.74, 6) is -2.24. The number of rotatable bonds is 6. The first kappa shape index (κ1) is 25.6. The molecule has 2 aromatic heterocycles. The molecule has 0 bridgehead atoms. The summed E-state index contributed by atoms with van der Waals surface area (Å²) in [7, 11) is 1.32. The number of aromatic nitrogens is 2. The van der Waals surface area contributed by atoms with Crippen LogP contribution >= 0.6 is 0 Å². The zero-order chi connectivity index (χ0) is 27.1. The van der Waals surface area contributed by atoms with Crippen LogP contribution < -0.4 is 20.9 Å². The molecule has 192 valence electrons. The quantitative estimate of drug-likeness (QED) is 0.463. The van der Waals surface area contributed by atoms with Crippen molar-refractivity contribution in [2.45, 2.75) is 39.3 Å². The van der Waals surface area contributed by atoms with Crippen LogP contribution in [0.2, 0.25) is 0 Å². The van der Waals surface area contributed by atoms with Crippen molar-refractivity contribution < 1.29 is 23.8 Å². The largest absolute Gasteiger partial charge is 0.505 e. The highest BCUT2D eigenvalue weighted by molar-refractivity contribution is 6.02. The molecule has 2 amide bonds. The summed E-state index contributed by atoms with van der Waals surface area (Å²) in [6.45, 7) is 4.60. The smallest absolute Gasteiger partial charge is 0.268 e. The molecule has 0 saturated carbocycles. The van der Waals surface area contributed by atoms with E-state index in [4.69, 9.17) is 4.74 Å². The average molecular weight is 508 g/mol. The molecule has 1 aliphatic heterocycles. The van der Waals surface area contributed by atoms with E-state index in [1.54, 1.807) is 26.0 Å². The maximum atomic E-state index is 13.4. The van der Waals surface area contributed by atoms with Crippen molar-refractivity contribution in [3.8, 4) is 17.6 Å². The number of carbonyl (C=O) groups excluding carboxylic acids is 2. The lowest BCUT2D eigenvalue weighted by atomic mass is 9.94. The van der Waals surface area contributed by atoms with Crippen molar-refractivity contribution in [1.82, 2.24) is 20.2 Å². The van der Waals surface area contributed by atoms with Gasteiger partial charge in [-0.2, -0.15) is 5.26 Å². The number of nitrogens with zero attached hydrogens (tertiary/aromatic N) is 3. The second-order valence-electron chi connectivity index (χ2n) is 9.82. The number of pyridine rings is 2. The summed E-state index contributed by atoms with van der Waals surface area (Å²) in [6, 6.07) is 7.90. The molecule has 3 heterocycles. The predicted octanol–water partition coefficient (Wildman–Crippen LogP) is 2.01. The van der Waals surface area contributed by atoms with Gasteiger partial charge in [0.15, 0.2) is 11.5 Å². The molecule has 3 aromatic rings. The summed E-state index contributed by atoms with van der Waals surface area (Å²) >= 11 is 0. The van der Waals surface area contributed by atoms with Crippen molar-refractivity contribution in [3.05, 3.63) is 63.3 Å². The molecule has 11 heteroatoms. The number of nitrogens with one attached hydrogen (secondary N) is 2. The monoisotopic (exact) mass is 507 g/mol. The van der Waals surface area contributed by atoms with E-state index in [0.29, 0.717) is 5.56 Å². The van der Waals surface area contributed by atoms with Gasteiger partial charge >= 0.3 is 0 Å². The van der Waals surface area contributed by atoms with Gasteiger partial charge in [0.2, 0.25) is 5.60 Å². The van der Waals surface area contributed by atoms with E-state index in [9.17, 15) is 29.1 Å². The Bertz CT molecular complexity index is 1520. The number of aromatic hydroxyl groups is 1. The zero-order valence-electron chi connectivity index (χ0n) is 20.8. The van der Waals surface area contributed by atoms with Gasteiger partial charge in [0.05, 0.1) is 18.0 Å². The van der Waals surface area contributed by atoms with E-state index >= 15 is 0 Å². The first-order chi connectivity index (χ1) is 17.4. The molecular weight excluding hydrogens is 481 g/mol. The van der Waals surface area contributed by atoms with Crippen LogP contribution in [0.25, 0.3) is 11.0 Å². The molecule has 1 aliphatic rings. The molecule has 0 aliphatic carbocycles. The van der Waals surface area contributed by atoms with Crippen LogP contribution in [0.1, 0.15) is 42.3 Å². The van der Waals surface area contributed by atoms with Crippen molar-refractivity contribution >= 4 is 22.8 Å². The highest BCUT2D eigenvalue weighted by Crippen LogP contribution is 2.40. The Kier molecular flexibility index (Phi) is 6.37. The summed E-state index contributed by atoms with van der Waals surface area (Å²) in [4.78, 5) is 43.5. The standard InChI is InChI=1S/C26H26FN5O5/c1-25(2,11-28)12-31-24(36)26(3)13-32-19-18(20(33)17(23(32)35)22(34)29-4)30-10-15(21(19)37-26)9-14-5-7-16(27)8-6-14/h5-8,10,33H,9,12-13H2,1-4H3,(H,29,34)(H,31,36)/t26-/m1/s1. The first-order valence-electron chi connectivity index (χ1n) is 11.5. The summed E-state index contributed by atoms with van der Waals surface area (Å²) < 4.78 is 20.9. The number of benzene rings is 1. The minimum absolute atomic E-state index is 0.0378. The Morgan fingerprint density at radius 3 is 2.62 bits per heavy atom. The van der Waals surface area contributed by atoms with Crippen molar-refractivity contribution in [2.75, 3.05) is 13.6 Å². The van der Waals surface area contributed by atoms with Gasteiger partial charge in [-0.1, -0.05) is 12.1 Å². The number of ether oxygens (including phenoxy) is 1. The fourth-order valence-electron chi connectivity index (χ4n) is 4.15. The van der Waals surface area contributed by atoms with Gasteiger partial charge in [-0.25, -0.2) is 4.39 Å². The Morgan fingerprint density at radius 1 is 1.32 bits per heavy atom. The Morgan fingerprint density at radius 2 is 2.00 bits per heavy atom. The van der Waals surface area contributed by atoms with E-state index in [0.717, 1.165) is 5.56 Å². The molecule has 0 fully saturated rings. The van der Waals surface area contributed by atoms with Gasteiger partial charge in [0.25, 0.3) is 17.4 Å². The van der Waals surface area contributed by atoms with Crippen LogP contribution in [0.5, 0.6) is 11.5 Å². The van der Waals surface area contributed by atoms with E-state index in [-0.39, 0.29) is 36.3 Å². The minimum atomic E-state index is -1.61. The Labute approximate surface area is 211 Å². The van der Waals surface area contributed by atoms with Gasteiger partial charge in [0.1, 0.15) is 22.4 Å². The van der Waals surface area contributed by atoms with E-state index in [2.05, 4.69) is 21.7 Å². The molecule has 3 N–H and O–H groups in total. The summed E-state index contributed by atoms with van der Waals surface area (Å²) in [6.07, 6.45) is 1.65. The van der Waals surface area contributed by atoms with E-state index in [1.807, 2.05) is 0 Å². The third-order valence-electron chi connectivity index (χ3n) is 6.29. The Hall–Kier alpha value is -4.46. The van der Waals surface area contributed by atoms with Crippen molar-refractivity contribution in [3.63, 3.8) is 0 Å². The second-order valence-corrected chi connectivity index (χ2v) is 9.82. The maximum absolute atomic E-state index is 13.4. The third-order valence-corrected chi connectivity index (χ3v) is 6.29. The molecule has 0 radical (unpaired) electrons. The summed E-state index contributed by atoms with van der Waals surface area (Å²) in [5, 5.41) is 25.2. The lowest BCUT2D eigenvalue weighted by Gasteiger charge is -2.36. The number of nitriles is 1. The molecule has 0 unspecified atom stereocenters. The molecule has 0 spiro atoms. The fraction of sp³-hybridized carbons (Fsp3) is 0.346. The number of halogens is 1. The molecule has 4 rings (SSSR count). The normalized spacial score (nSPS) is 16.5. The topological polar surface area (TPSA) is 146 Å². The highest BCUT2D eigenvalue weighted by Gasteiger charge is 2.43. The molecule has 1 atom stereocenters. The van der Waals surface area contributed by atoms with Gasteiger partial charge < -0.3 is 20.5 Å². The third kappa shape index (κ3) is 4.58. The zero-order valence-corrected chi connectivity index (χ0v) is 20.8. The molecule has 10 nitrogen and oxygen atoms in total. The second kappa shape index (κ2) is 9.20. The van der Waals surface area contributed by atoms with Crippen LogP contribution in [-0.4, -0.2) is 45.7 Å². The maximum Gasteiger partial charge on any atom is 0.268 e. The van der Waals surface area contributed by atoms with Crippen LogP contribution in [-0.2, 0) is 17.8 Å². The van der Waals surface area contributed by atoms with E-state index in [1.165, 1.54) is 36.9 Å². The van der Waals surface area contributed by atoms with Crippen LogP contribution in [0.15, 0.2) is 35.3 Å². The lowest BCUT2D eigenvalue weighted by molar-refractivity contribution is -0.137. The van der Waals surface area contributed by atoms with Crippen LogP contribution in [0, 0.1) is 22.6 Å². The van der Waals surface area contributed by atoms with Crippen molar-refractivity contribution in [1.29, 1.82) is 5.26 Å². The predicted molar refractivity (Wildman–Crippen MR) is 132 cm³/mol. The van der Waals surface area contributed by atoms with Gasteiger partial charge in [-0.3, -0.25) is 23.9 Å². The van der Waals surface area contributed by atoms with Crippen LogP contribution in [0.4, 0.5) is 4.39 Å². The number of carbonyl (C=O) groups is 2. The Balaban J connectivity index is 1.90. The molecule has 1 aromatic carbocycles.